The highest BCUT2D eigenvalue weighted by Crippen LogP contribution is 2.45. The molecule has 1 aliphatic heterocycles. The summed E-state index contributed by atoms with van der Waals surface area (Å²) < 4.78 is 11.4. The molecule has 3 rings (SSSR count). The Balaban J connectivity index is 2.15. The Kier molecular flexibility index (Phi) is 4.83. The van der Waals surface area contributed by atoms with Gasteiger partial charge >= 0.3 is 6.09 Å². The minimum absolute atomic E-state index is 0.0739. The summed E-state index contributed by atoms with van der Waals surface area (Å²) in [4.78, 5) is 14.4. The molecule has 0 spiro atoms. The van der Waals surface area contributed by atoms with Crippen LogP contribution in [0.4, 0.5) is 10.5 Å². The maximum absolute atomic E-state index is 12.7. The second-order valence-corrected chi connectivity index (χ2v) is 7.54. The maximum Gasteiger partial charge on any atom is 0.414 e. The van der Waals surface area contributed by atoms with Gasteiger partial charge in [-0.25, -0.2) is 4.79 Å². The number of ether oxygens (including phenoxy) is 2. The highest BCUT2D eigenvalue weighted by atomic mass is 35.5. The SMILES string of the molecule is CCOc1cc2c(c3ccccc13)[C@H](CCl)CN2C(=O)OC(C)(C)C. The molecule has 0 saturated heterocycles. The van der Waals surface area contributed by atoms with Crippen LogP contribution in [0.2, 0.25) is 0 Å². The fourth-order valence-corrected chi connectivity index (χ4v) is 3.56. The fraction of sp³-hybridized carbons (Fsp3) is 0.450. The molecule has 5 heteroatoms. The lowest BCUT2D eigenvalue weighted by Gasteiger charge is -2.25. The topological polar surface area (TPSA) is 38.8 Å². The van der Waals surface area contributed by atoms with E-state index >= 15 is 0 Å². The molecular formula is C20H24ClNO3. The Morgan fingerprint density at radius 3 is 2.56 bits per heavy atom. The Bertz CT molecular complexity index is 797. The van der Waals surface area contributed by atoms with Crippen LogP contribution in [0.1, 0.15) is 39.2 Å². The zero-order valence-electron chi connectivity index (χ0n) is 15.1. The maximum atomic E-state index is 12.7. The summed E-state index contributed by atoms with van der Waals surface area (Å²) in [5.74, 6) is 1.30. The number of fused-ring (bicyclic) bond motifs is 3. The first-order valence-corrected chi connectivity index (χ1v) is 9.14. The molecule has 25 heavy (non-hydrogen) atoms. The average molecular weight is 362 g/mol. The summed E-state index contributed by atoms with van der Waals surface area (Å²) in [6, 6.07) is 10.0. The monoisotopic (exact) mass is 361 g/mol. The van der Waals surface area contributed by atoms with E-state index in [1.54, 1.807) is 4.90 Å². The molecule has 1 atom stereocenters. The molecule has 1 aliphatic rings. The van der Waals surface area contributed by atoms with Crippen LogP contribution < -0.4 is 9.64 Å². The van der Waals surface area contributed by atoms with E-state index in [0.29, 0.717) is 19.0 Å². The third kappa shape index (κ3) is 3.40. The van der Waals surface area contributed by atoms with Gasteiger partial charge in [-0.05, 0) is 38.6 Å². The van der Waals surface area contributed by atoms with E-state index in [1.165, 1.54) is 0 Å². The van der Waals surface area contributed by atoms with Crippen molar-refractivity contribution in [1.29, 1.82) is 0 Å². The number of halogens is 1. The van der Waals surface area contributed by atoms with Crippen LogP contribution >= 0.6 is 11.6 Å². The lowest BCUT2D eigenvalue weighted by Crippen LogP contribution is -2.36. The van der Waals surface area contributed by atoms with Gasteiger partial charge in [-0.3, -0.25) is 4.90 Å². The van der Waals surface area contributed by atoms with Crippen LogP contribution in [0.5, 0.6) is 5.75 Å². The molecule has 0 N–H and O–H groups in total. The van der Waals surface area contributed by atoms with E-state index in [-0.39, 0.29) is 12.0 Å². The molecule has 2 aromatic rings. The van der Waals surface area contributed by atoms with Gasteiger partial charge in [0.15, 0.2) is 0 Å². The number of carbonyl (C=O) groups excluding carboxylic acids is 1. The van der Waals surface area contributed by atoms with Gasteiger partial charge in [-0.15, -0.1) is 11.6 Å². The van der Waals surface area contributed by atoms with Crippen LogP contribution in [0.25, 0.3) is 10.8 Å². The van der Waals surface area contributed by atoms with Crippen molar-refractivity contribution in [3.63, 3.8) is 0 Å². The van der Waals surface area contributed by atoms with Crippen molar-refractivity contribution in [2.24, 2.45) is 0 Å². The van der Waals surface area contributed by atoms with Crippen LogP contribution in [0.15, 0.2) is 30.3 Å². The number of benzene rings is 2. The average Bonchev–Trinajstić information content (AvgIpc) is 2.92. The number of hydrogen-bond donors (Lipinski definition) is 0. The molecule has 0 bridgehead atoms. The largest absolute Gasteiger partial charge is 0.493 e. The number of rotatable bonds is 3. The summed E-state index contributed by atoms with van der Waals surface area (Å²) in [5.41, 5.74) is 1.39. The van der Waals surface area contributed by atoms with Crippen LogP contribution in [-0.4, -0.2) is 30.7 Å². The molecule has 0 radical (unpaired) electrons. The molecular weight excluding hydrogens is 338 g/mol. The van der Waals surface area contributed by atoms with E-state index in [4.69, 9.17) is 21.1 Å². The lowest BCUT2D eigenvalue weighted by molar-refractivity contribution is 0.0582. The number of anilines is 1. The van der Waals surface area contributed by atoms with Crippen molar-refractivity contribution in [3.05, 3.63) is 35.9 Å². The molecule has 0 unspecified atom stereocenters. The molecule has 1 heterocycles. The summed E-state index contributed by atoms with van der Waals surface area (Å²) in [6.45, 7) is 8.64. The van der Waals surface area contributed by atoms with E-state index in [1.807, 2.05) is 52.0 Å². The lowest BCUT2D eigenvalue weighted by atomic mass is 9.95. The number of alkyl halides is 1. The van der Waals surface area contributed by atoms with Crippen molar-refractivity contribution in [3.8, 4) is 5.75 Å². The molecule has 1 amide bonds. The molecule has 0 aliphatic carbocycles. The number of hydrogen-bond acceptors (Lipinski definition) is 3. The van der Waals surface area contributed by atoms with Crippen molar-refractivity contribution < 1.29 is 14.3 Å². The first-order valence-electron chi connectivity index (χ1n) is 8.60. The molecule has 134 valence electrons. The predicted octanol–water partition coefficient (Wildman–Crippen LogP) is 5.32. The van der Waals surface area contributed by atoms with Crippen LogP contribution in [0, 0.1) is 0 Å². The zero-order valence-corrected chi connectivity index (χ0v) is 15.9. The van der Waals surface area contributed by atoms with Gasteiger partial charge in [0.25, 0.3) is 0 Å². The molecule has 0 saturated carbocycles. The summed E-state index contributed by atoms with van der Waals surface area (Å²) >= 11 is 6.23. The minimum atomic E-state index is -0.546. The van der Waals surface area contributed by atoms with Gasteiger partial charge in [-0.1, -0.05) is 24.3 Å². The standard InChI is InChI=1S/C20H24ClNO3/c1-5-24-17-10-16-18(15-9-7-6-8-14(15)17)13(11-21)12-22(16)19(23)25-20(2,3)4/h6-10,13H,5,11-12H2,1-4H3/t13-/m1/s1. The van der Waals surface area contributed by atoms with Crippen molar-refractivity contribution in [2.75, 3.05) is 23.9 Å². The van der Waals surface area contributed by atoms with Gasteiger partial charge in [-0.2, -0.15) is 0 Å². The third-order valence-electron chi connectivity index (χ3n) is 4.23. The summed E-state index contributed by atoms with van der Waals surface area (Å²) in [5, 5.41) is 2.13. The van der Waals surface area contributed by atoms with Gasteiger partial charge < -0.3 is 9.47 Å². The number of nitrogens with zero attached hydrogens (tertiary/aromatic N) is 1. The van der Waals surface area contributed by atoms with Crippen molar-refractivity contribution in [2.45, 2.75) is 39.2 Å². The summed E-state index contributed by atoms with van der Waals surface area (Å²) in [7, 11) is 0. The van der Waals surface area contributed by atoms with Crippen LogP contribution in [-0.2, 0) is 4.74 Å². The second-order valence-electron chi connectivity index (χ2n) is 7.23. The number of amides is 1. The van der Waals surface area contributed by atoms with Crippen molar-refractivity contribution >= 4 is 34.2 Å². The molecule has 4 nitrogen and oxygen atoms in total. The Morgan fingerprint density at radius 2 is 1.96 bits per heavy atom. The highest BCUT2D eigenvalue weighted by molar-refractivity contribution is 6.19. The Hall–Kier alpha value is -1.94. The molecule has 2 aromatic carbocycles. The van der Waals surface area contributed by atoms with E-state index in [2.05, 4.69) is 6.07 Å². The smallest absolute Gasteiger partial charge is 0.414 e. The molecule has 0 aromatic heterocycles. The predicted molar refractivity (Wildman–Crippen MR) is 102 cm³/mol. The zero-order chi connectivity index (χ0) is 18.2. The first-order chi connectivity index (χ1) is 11.9. The highest BCUT2D eigenvalue weighted by Gasteiger charge is 2.36. The van der Waals surface area contributed by atoms with Gasteiger partial charge in [0.1, 0.15) is 11.4 Å². The van der Waals surface area contributed by atoms with Gasteiger partial charge in [0, 0.05) is 29.8 Å². The first kappa shape index (κ1) is 17.9. The summed E-state index contributed by atoms with van der Waals surface area (Å²) in [6.07, 6.45) is -0.348. The van der Waals surface area contributed by atoms with E-state index < -0.39 is 5.60 Å². The van der Waals surface area contributed by atoms with Gasteiger partial charge in [0.05, 0.1) is 12.3 Å². The Labute approximate surface area is 153 Å². The minimum Gasteiger partial charge on any atom is -0.493 e. The second kappa shape index (κ2) is 6.75. The van der Waals surface area contributed by atoms with Gasteiger partial charge in [0.2, 0.25) is 0 Å². The van der Waals surface area contributed by atoms with E-state index in [9.17, 15) is 4.79 Å². The number of carbonyl (C=O) groups is 1. The van der Waals surface area contributed by atoms with Crippen LogP contribution in [0.3, 0.4) is 0 Å². The van der Waals surface area contributed by atoms with Crippen molar-refractivity contribution in [1.82, 2.24) is 0 Å². The third-order valence-corrected chi connectivity index (χ3v) is 4.60. The fourth-order valence-electron chi connectivity index (χ4n) is 3.30. The van der Waals surface area contributed by atoms with E-state index in [0.717, 1.165) is 27.8 Å². The molecule has 0 fully saturated rings. The Morgan fingerprint density at radius 1 is 1.28 bits per heavy atom. The normalized spacial score (nSPS) is 16.8. The quantitative estimate of drug-likeness (QED) is 0.695.